The largest absolute Gasteiger partial charge is 0.0928 e. The molecule has 0 bridgehead atoms. The highest BCUT2D eigenvalue weighted by atomic mass is 79.9. The molecular weight excluding hydrogens is 428 g/mol. The second-order valence-electron chi connectivity index (χ2n) is 3.34. The summed E-state index contributed by atoms with van der Waals surface area (Å²) in [5, 5.41) is 2.12. The molecule has 4 heteroatoms. The molecule has 80 valence electrons. The van der Waals surface area contributed by atoms with Gasteiger partial charge in [-0.3, -0.25) is 0 Å². The molecule has 0 spiro atoms. The zero-order valence-corrected chi connectivity index (χ0v) is 14.3. The standard InChI is InChI=1S/C9H16Br4/c1-7(12)9(3-5-10,4-6-11)8(2)13/h7-8H,3-6H2,1-2H3. The lowest BCUT2D eigenvalue weighted by Crippen LogP contribution is -2.37. The van der Waals surface area contributed by atoms with Gasteiger partial charge in [-0.05, 0) is 18.3 Å². The lowest BCUT2D eigenvalue weighted by Gasteiger charge is -2.39. The topological polar surface area (TPSA) is 0 Å². The summed E-state index contributed by atoms with van der Waals surface area (Å²) in [5.41, 5.74) is 0.340. The van der Waals surface area contributed by atoms with Crippen LogP contribution in [0.3, 0.4) is 0 Å². The molecule has 0 rings (SSSR count). The summed E-state index contributed by atoms with van der Waals surface area (Å²) in [5.74, 6) is 0. The molecule has 0 heterocycles. The van der Waals surface area contributed by atoms with Crippen LogP contribution in [0.25, 0.3) is 0 Å². The zero-order valence-electron chi connectivity index (χ0n) is 7.99. The highest BCUT2D eigenvalue weighted by Crippen LogP contribution is 2.43. The van der Waals surface area contributed by atoms with E-state index in [1.807, 2.05) is 0 Å². The Kier molecular flexibility index (Phi) is 8.30. The minimum Gasteiger partial charge on any atom is -0.0928 e. The molecule has 0 N–H and O–H groups in total. The Morgan fingerprint density at radius 3 is 1.38 bits per heavy atom. The van der Waals surface area contributed by atoms with E-state index in [9.17, 15) is 0 Å². The molecule has 0 amide bonds. The van der Waals surface area contributed by atoms with Crippen LogP contribution in [0, 0.1) is 5.41 Å². The maximum atomic E-state index is 3.73. The molecule has 0 fully saturated rings. The van der Waals surface area contributed by atoms with E-state index in [-0.39, 0.29) is 0 Å². The van der Waals surface area contributed by atoms with E-state index in [1.165, 1.54) is 12.8 Å². The van der Waals surface area contributed by atoms with Crippen molar-refractivity contribution in [3.8, 4) is 0 Å². The predicted molar refractivity (Wildman–Crippen MR) is 76.0 cm³/mol. The molecule has 0 aliphatic carbocycles. The Bertz CT molecular complexity index is 118. The van der Waals surface area contributed by atoms with Crippen molar-refractivity contribution in [1.29, 1.82) is 0 Å². The minimum atomic E-state index is 0.340. The summed E-state index contributed by atoms with van der Waals surface area (Å²) in [7, 11) is 0. The maximum absolute atomic E-state index is 3.73. The zero-order chi connectivity index (χ0) is 10.5. The highest BCUT2D eigenvalue weighted by molar-refractivity contribution is 9.10. The van der Waals surface area contributed by atoms with Crippen molar-refractivity contribution in [2.75, 3.05) is 10.7 Å². The third-order valence-electron chi connectivity index (χ3n) is 2.70. The molecule has 0 aromatic carbocycles. The van der Waals surface area contributed by atoms with Gasteiger partial charge in [0, 0.05) is 20.3 Å². The quantitative estimate of drug-likeness (QED) is 0.500. The van der Waals surface area contributed by atoms with Gasteiger partial charge in [-0.1, -0.05) is 77.6 Å². The van der Waals surface area contributed by atoms with Crippen LogP contribution >= 0.6 is 63.7 Å². The predicted octanol–water partition coefficient (Wildman–Crippen LogP) is 5.11. The molecule has 0 aliphatic rings. The van der Waals surface area contributed by atoms with Crippen LogP contribution in [-0.4, -0.2) is 20.3 Å². The van der Waals surface area contributed by atoms with Crippen LogP contribution in [0.15, 0.2) is 0 Å². The number of rotatable bonds is 6. The fraction of sp³-hybridized carbons (Fsp3) is 1.00. The maximum Gasteiger partial charge on any atom is 0.0185 e. The summed E-state index contributed by atoms with van der Waals surface area (Å²) in [6, 6.07) is 0. The summed E-state index contributed by atoms with van der Waals surface area (Å²) >= 11 is 14.5. The van der Waals surface area contributed by atoms with E-state index in [0.29, 0.717) is 15.1 Å². The second kappa shape index (κ2) is 7.24. The van der Waals surface area contributed by atoms with E-state index in [1.54, 1.807) is 0 Å². The van der Waals surface area contributed by atoms with Gasteiger partial charge in [-0.15, -0.1) is 0 Å². The Labute approximate surface area is 115 Å². The fourth-order valence-corrected chi connectivity index (χ4v) is 5.13. The Morgan fingerprint density at radius 2 is 1.23 bits per heavy atom. The molecule has 0 aromatic heterocycles. The van der Waals surface area contributed by atoms with Crippen molar-refractivity contribution in [1.82, 2.24) is 0 Å². The minimum absolute atomic E-state index is 0.340. The monoisotopic (exact) mass is 440 g/mol. The molecule has 0 saturated carbocycles. The molecule has 0 radical (unpaired) electrons. The second-order valence-corrected chi connectivity index (χ2v) is 7.68. The Balaban J connectivity index is 4.59. The van der Waals surface area contributed by atoms with Gasteiger partial charge in [0.1, 0.15) is 0 Å². The van der Waals surface area contributed by atoms with Crippen molar-refractivity contribution < 1.29 is 0 Å². The fourth-order valence-electron chi connectivity index (χ4n) is 1.59. The smallest absolute Gasteiger partial charge is 0.0185 e. The van der Waals surface area contributed by atoms with Gasteiger partial charge in [0.15, 0.2) is 0 Å². The molecule has 0 aromatic rings. The third-order valence-corrected chi connectivity index (χ3v) is 5.32. The molecule has 0 saturated heterocycles. The summed E-state index contributed by atoms with van der Waals surface area (Å²) in [6.07, 6.45) is 2.38. The lowest BCUT2D eigenvalue weighted by molar-refractivity contribution is 0.273. The molecule has 0 nitrogen and oxygen atoms in total. The number of hydrogen-bond acceptors (Lipinski definition) is 0. The normalized spacial score (nSPS) is 17.1. The first-order valence-electron chi connectivity index (χ1n) is 4.41. The van der Waals surface area contributed by atoms with Gasteiger partial charge < -0.3 is 0 Å². The van der Waals surface area contributed by atoms with Crippen molar-refractivity contribution in [3.05, 3.63) is 0 Å². The summed E-state index contributed by atoms with van der Waals surface area (Å²) in [4.78, 5) is 1.06. The van der Waals surface area contributed by atoms with Crippen LogP contribution in [0.5, 0.6) is 0 Å². The van der Waals surface area contributed by atoms with E-state index in [2.05, 4.69) is 77.6 Å². The van der Waals surface area contributed by atoms with E-state index >= 15 is 0 Å². The van der Waals surface area contributed by atoms with Crippen molar-refractivity contribution >= 4 is 63.7 Å². The number of alkyl halides is 4. The lowest BCUT2D eigenvalue weighted by atomic mass is 9.77. The van der Waals surface area contributed by atoms with Gasteiger partial charge in [-0.2, -0.15) is 0 Å². The molecule has 2 unspecified atom stereocenters. The van der Waals surface area contributed by atoms with Crippen molar-refractivity contribution in [2.24, 2.45) is 5.41 Å². The average molecular weight is 444 g/mol. The van der Waals surface area contributed by atoms with E-state index in [4.69, 9.17) is 0 Å². The average Bonchev–Trinajstić information content (AvgIpc) is 2.03. The van der Waals surface area contributed by atoms with Gasteiger partial charge in [0.25, 0.3) is 0 Å². The first kappa shape index (κ1) is 14.9. The first-order valence-corrected chi connectivity index (χ1v) is 8.48. The third kappa shape index (κ3) is 4.12. The van der Waals surface area contributed by atoms with Gasteiger partial charge >= 0.3 is 0 Å². The molecule has 0 aliphatic heterocycles. The molecule has 2 atom stereocenters. The highest BCUT2D eigenvalue weighted by Gasteiger charge is 2.37. The number of halogens is 4. The van der Waals surface area contributed by atoms with Crippen LogP contribution < -0.4 is 0 Å². The van der Waals surface area contributed by atoms with Gasteiger partial charge in [0.2, 0.25) is 0 Å². The van der Waals surface area contributed by atoms with E-state index < -0.39 is 0 Å². The first-order chi connectivity index (χ1) is 6.01. The van der Waals surface area contributed by atoms with Gasteiger partial charge in [-0.25, -0.2) is 0 Å². The van der Waals surface area contributed by atoms with Crippen molar-refractivity contribution in [3.63, 3.8) is 0 Å². The van der Waals surface area contributed by atoms with E-state index in [0.717, 1.165) is 10.7 Å². The molecular formula is C9H16Br4. The van der Waals surface area contributed by atoms with Crippen LogP contribution in [0.4, 0.5) is 0 Å². The van der Waals surface area contributed by atoms with Crippen LogP contribution in [-0.2, 0) is 0 Å². The van der Waals surface area contributed by atoms with Crippen molar-refractivity contribution in [2.45, 2.75) is 36.3 Å². The summed E-state index contributed by atoms with van der Waals surface area (Å²) in [6.45, 7) is 4.48. The van der Waals surface area contributed by atoms with Crippen LogP contribution in [0.2, 0.25) is 0 Å². The molecule has 13 heavy (non-hydrogen) atoms. The summed E-state index contributed by atoms with van der Waals surface area (Å²) < 4.78 is 0. The SMILES string of the molecule is CC(Br)C(CCBr)(CCBr)C(C)Br. The van der Waals surface area contributed by atoms with Crippen LogP contribution in [0.1, 0.15) is 26.7 Å². The number of hydrogen-bond donors (Lipinski definition) is 0. The Morgan fingerprint density at radius 1 is 0.923 bits per heavy atom. The van der Waals surface area contributed by atoms with Gasteiger partial charge in [0.05, 0.1) is 0 Å². The Hall–Kier alpha value is 1.92.